The summed E-state index contributed by atoms with van der Waals surface area (Å²) in [6.07, 6.45) is 8.03. The second-order valence-electron chi connectivity index (χ2n) is 6.88. The molecule has 0 heterocycles. The van der Waals surface area contributed by atoms with Crippen molar-refractivity contribution in [1.82, 2.24) is 0 Å². The number of rotatable bonds is 3. The van der Waals surface area contributed by atoms with Gasteiger partial charge in [-0.1, -0.05) is 36.4 Å². The maximum absolute atomic E-state index is 5.83. The van der Waals surface area contributed by atoms with Gasteiger partial charge in [-0.15, -0.1) is 0 Å². The van der Waals surface area contributed by atoms with E-state index < -0.39 is 0 Å². The van der Waals surface area contributed by atoms with E-state index in [0.29, 0.717) is 5.92 Å². The third-order valence-corrected chi connectivity index (χ3v) is 5.66. The smallest absolute Gasteiger partial charge is 0.129 e. The predicted molar refractivity (Wildman–Crippen MR) is 103 cm³/mol. The fourth-order valence-corrected chi connectivity index (χ4v) is 4.28. The molecule has 0 aromatic heterocycles. The molecule has 0 spiro atoms. The van der Waals surface area contributed by atoms with Crippen LogP contribution in [0.3, 0.4) is 0 Å². The van der Waals surface area contributed by atoms with Crippen molar-refractivity contribution in [3.05, 3.63) is 69.3 Å². The van der Waals surface area contributed by atoms with Gasteiger partial charge < -0.3 is 4.74 Å². The van der Waals surface area contributed by atoms with E-state index in [4.69, 9.17) is 4.74 Å². The number of fused-ring (bicyclic) bond motifs is 1. The quantitative estimate of drug-likeness (QED) is 0.662. The Morgan fingerprint density at radius 3 is 2.50 bits per heavy atom. The normalized spacial score (nSPS) is 17.1. The second-order valence-corrected chi connectivity index (χ2v) is 6.88. The van der Waals surface area contributed by atoms with Crippen LogP contribution in [0.15, 0.2) is 30.3 Å². The Kier molecular flexibility index (Phi) is 4.80. The van der Waals surface area contributed by atoms with Crippen LogP contribution in [-0.4, -0.2) is 7.11 Å². The molecule has 0 bridgehead atoms. The molecular weight excluding hydrogens is 292 g/mol. The molecule has 1 heteroatoms. The number of hydrogen-bond acceptors (Lipinski definition) is 1. The third-order valence-electron chi connectivity index (χ3n) is 5.66. The highest BCUT2D eigenvalue weighted by molar-refractivity contribution is 5.69. The Labute approximate surface area is 146 Å². The number of allylic oxidation sites excluding steroid dienone is 1. The average Bonchev–Trinajstić information content (AvgIpc) is 2.61. The molecule has 1 aliphatic carbocycles. The lowest BCUT2D eigenvalue weighted by Gasteiger charge is -2.30. The van der Waals surface area contributed by atoms with Gasteiger partial charge >= 0.3 is 0 Å². The molecular formula is C23H28O. The summed E-state index contributed by atoms with van der Waals surface area (Å²) >= 11 is 0. The molecule has 24 heavy (non-hydrogen) atoms. The summed E-state index contributed by atoms with van der Waals surface area (Å²) < 4.78 is 5.83. The highest BCUT2D eigenvalue weighted by Crippen LogP contribution is 2.44. The van der Waals surface area contributed by atoms with Crippen molar-refractivity contribution >= 4 is 6.08 Å². The molecule has 1 unspecified atom stereocenters. The minimum absolute atomic E-state index is 0.467. The fraction of sp³-hybridized carbons (Fsp3) is 0.391. The van der Waals surface area contributed by atoms with E-state index in [1.807, 2.05) is 0 Å². The van der Waals surface area contributed by atoms with E-state index in [-0.39, 0.29) is 0 Å². The Balaban J connectivity index is 2.31. The molecule has 1 aliphatic rings. The molecule has 0 amide bonds. The SMILES string of the molecule is CC=Cc1c(OC)c(C)c(C)c(C)c1C1CCCc2ccccc21. The highest BCUT2D eigenvalue weighted by Gasteiger charge is 2.27. The summed E-state index contributed by atoms with van der Waals surface area (Å²) in [6, 6.07) is 8.96. The molecule has 0 saturated heterocycles. The summed E-state index contributed by atoms with van der Waals surface area (Å²) in [5.41, 5.74) is 9.78. The van der Waals surface area contributed by atoms with Gasteiger partial charge in [-0.25, -0.2) is 0 Å². The van der Waals surface area contributed by atoms with Crippen LogP contribution in [0.2, 0.25) is 0 Å². The van der Waals surface area contributed by atoms with Gasteiger partial charge in [-0.3, -0.25) is 0 Å². The van der Waals surface area contributed by atoms with Crippen LogP contribution in [0.1, 0.15) is 64.6 Å². The topological polar surface area (TPSA) is 9.23 Å². The Morgan fingerprint density at radius 2 is 1.79 bits per heavy atom. The predicted octanol–water partition coefficient (Wildman–Crippen LogP) is 6.12. The average molecular weight is 320 g/mol. The van der Waals surface area contributed by atoms with Gasteiger partial charge in [0.15, 0.2) is 0 Å². The lowest BCUT2D eigenvalue weighted by molar-refractivity contribution is 0.409. The van der Waals surface area contributed by atoms with Gasteiger partial charge in [-0.05, 0) is 80.3 Å². The van der Waals surface area contributed by atoms with E-state index in [1.165, 1.54) is 58.2 Å². The maximum Gasteiger partial charge on any atom is 0.129 e. The van der Waals surface area contributed by atoms with Gasteiger partial charge in [0.05, 0.1) is 7.11 Å². The molecule has 3 rings (SSSR count). The zero-order valence-corrected chi connectivity index (χ0v) is 15.6. The molecule has 0 aliphatic heterocycles. The minimum Gasteiger partial charge on any atom is -0.496 e. The van der Waals surface area contributed by atoms with Gasteiger partial charge in [0.2, 0.25) is 0 Å². The maximum atomic E-state index is 5.83. The third kappa shape index (κ3) is 2.66. The monoisotopic (exact) mass is 320 g/mol. The van der Waals surface area contributed by atoms with E-state index in [0.717, 1.165) is 5.75 Å². The number of methoxy groups -OCH3 is 1. The Morgan fingerprint density at radius 1 is 1.04 bits per heavy atom. The zero-order valence-electron chi connectivity index (χ0n) is 15.6. The van der Waals surface area contributed by atoms with Crippen molar-refractivity contribution < 1.29 is 4.74 Å². The van der Waals surface area contributed by atoms with Crippen molar-refractivity contribution in [2.45, 2.75) is 52.9 Å². The first kappa shape index (κ1) is 16.8. The van der Waals surface area contributed by atoms with Crippen LogP contribution in [0.25, 0.3) is 6.08 Å². The van der Waals surface area contributed by atoms with Crippen molar-refractivity contribution in [3.63, 3.8) is 0 Å². The summed E-state index contributed by atoms with van der Waals surface area (Å²) in [6.45, 7) is 8.77. The largest absolute Gasteiger partial charge is 0.496 e. The van der Waals surface area contributed by atoms with E-state index in [2.05, 4.69) is 64.1 Å². The van der Waals surface area contributed by atoms with E-state index in [9.17, 15) is 0 Å². The zero-order chi connectivity index (χ0) is 17.3. The van der Waals surface area contributed by atoms with Crippen LogP contribution in [0, 0.1) is 20.8 Å². The second kappa shape index (κ2) is 6.84. The van der Waals surface area contributed by atoms with E-state index >= 15 is 0 Å². The van der Waals surface area contributed by atoms with Gasteiger partial charge in [0, 0.05) is 11.5 Å². The molecule has 2 aromatic carbocycles. The van der Waals surface area contributed by atoms with Crippen LogP contribution in [0.4, 0.5) is 0 Å². The number of aryl methyl sites for hydroxylation is 1. The standard InChI is InChI=1S/C23H28O/c1-6-10-21-22(16(3)15(2)17(4)23(21)24-5)20-14-9-12-18-11-7-8-13-19(18)20/h6-8,10-11,13,20H,9,12,14H2,1-5H3. The molecule has 126 valence electrons. The first-order valence-corrected chi connectivity index (χ1v) is 8.98. The lowest BCUT2D eigenvalue weighted by Crippen LogP contribution is -2.15. The first-order valence-electron chi connectivity index (χ1n) is 8.98. The molecule has 0 N–H and O–H groups in total. The Hall–Kier alpha value is -2.02. The molecule has 0 radical (unpaired) electrons. The van der Waals surface area contributed by atoms with Crippen LogP contribution < -0.4 is 4.74 Å². The van der Waals surface area contributed by atoms with Gasteiger partial charge in [0.25, 0.3) is 0 Å². The van der Waals surface area contributed by atoms with Crippen LogP contribution >= 0.6 is 0 Å². The van der Waals surface area contributed by atoms with Crippen molar-refractivity contribution in [3.8, 4) is 5.75 Å². The highest BCUT2D eigenvalue weighted by atomic mass is 16.5. The molecule has 0 fully saturated rings. The van der Waals surface area contributed by atoms with Crippen LogP contribution in [0.5, 0.6) is 5.75 Å². The summed E-state index contributed by atoms with van der Waals surface area (Å²) in [4.78, 5) is 0. The van der Waals surface area contributed by atoms with Gasteiger partial charge in [0.1, 0.15) is 5.75 Å². The Bertz CT molecular complexity index is 783. The number of benzene rings is 2. The lowest BCUT2D eigenvalue weighted by atomic mass is 9.74. The van der Waals surface area contributed by atoms with Crippen molar-refractivity contribution in [2.75, 3.05) is 7.11 Å². The van der Waals surface area contributed by atoms with Crippen LogP contribution in [-0.2, 0) is 6.42 Å². The summed E-state index contributed by atoms with van der Waals surface area (Å²) in [5, 5.41) is 0. The molecule has 1 atom stereocenters. The molecule has 2 aromatic rings. The van der Waals surface area contributed by atoms with Crippen molar-refractivity contribution in [2.24, 2.45) is 0 Å². The molecule has 1 nitrogen and oxygen atoms in total. The number of hydrogen-bond donors (Lipinski definition) is 0. The molecule has 0 saturated carbocycles. The minimum atomic E-state index is 0.467. The van der Waals surface area contributed by atoms with Gasteiger partial charge in [-0.2, -0.15) is 0 Å². The van der Waals surface area contributed by atoms with E-state index in [1.54, 1.807) is 7.11 Å². The number of ether oxygens (including phenoxy) is 1. The summed E-state index contributed by atoms with van der Waals surface area (Å²) in [7, 11) is 1.79. The first-order chi connectivity index (χ1) is 11.6. The van der Waals surface area contributed by atoms with Crippen molar-refractivity contribution in [1.29, 1.82) is 0 Å². The summed E-state index contributed by atoms with van der Waals surface area (Å²) in [5.74, 6) is 1.50. The fourth-order valence-electron chi connectivity index (χ4n) is 4.28.